The van der Waals surface area contributed by atoms with E-state index >= 15 is 0 Å². The fourth-order valence-corrected chi connectivity index (χ4v) is 12.1. The second-order valence-corrected chi connectivity index (χ2v) is 21.7. The monoisotopic (exact) mass is 1120 g/mol. The Kier molecular flexibility index (Phi) is 18.4. The fraction of sp³-hybridized carbons (Fsp3) is 0.469. The number of nitrogens with one attached hydrogen (secondary N) is 4. The van der Waals surface area contributed by atoms with Gasteiger partial charge in [-0.1, -0.05) is 21.6 Å². The number of nitrogens with two attached hydrogens (primary N) is 3. The van der Waals surface area contributed by atoms with Gasteiger partial charge in [0.1, 0.15) is 23.7 Å². The van der Waals surface area contributed by atoms with E-state index in [2.05, 4.69) is 35.9 Å². The number of ether oxygens (including phenoxy) is 2. The van der Waals surface area contributed by atoms with E-state index < -0.39 is 107 Å². The Morgan fingerprint density at radius 3 is 2.31 bits per heavy atom. The van der Waals surface area contributed by atoms with Gasteiger partial charge in [-0.15, -0.1) is 0 Å². The molecule has 0 unspecified atom stereocenters. The summed E-state index contributed by atoms with van der Waals surface area (Å²) >= 11 is 0. The van der Waals surface area contributed by atoms with Gasteiger partial charge in [-0.2, -0.15) is 4.98 Å². The molecule has 1 aromatic carbocycles. The Hall–Kier alpha value is -7.76. The van der Waals surface area contributed by atoms with Crippen molar-refractivity contribution in [1.29, 1.82) is 0 Å². The number of carbonyl (C=O) groups is 10. The van der Waals surface area contributed by atoms with Crippen LogP contribution in [0.4, 0.5) is 16.4 Å². The van der Waals surface area contributed by atoms with Gasteiger partial charge < -0.3 is 62.8 Å². The first-order chi connectivity index (χ1) is 37.0. The van der Waals surface area contributed by atoms with Crippen molar-refractivity contribution in [3.05, 3.63) is 74.5 Å². The SMILES string of the molecule is CO[C@@]12[C@H](OC(N)=O)C3=C(C(=O)C(C)=C(CCCSSC[C@@H](NC(=O)[C@@H](CC(=O)O)CC(=O)[C@H](N)CCC(=O)CC[C@@H](NC(=O)c4ccc(NCc5cnc6nc(N)[nH]c(=O)c6n5)cc4)C(=O)O)C(=O)O)C3=O)N1C[C@@H]1C[C@@H]12. The largest absolute Gasteiger partial charge is 0.481 e. The lowest BCUT2D eigenvalue weighted by Crippen LogP contribution is -2.54. The Balaban J connectivity index is 0.820. The average molecular weight is 1120 g/mol. The van der Waals surface area contributed by atoms with E-state index in [1.54, 1.807) is 24.0 Å². The second-order valence-electron chi connectivity index (χ2n) is 19.1. The molecule has 29 heteroatoms. The van der Waals surface area contributed by atoms with E-state index in [0.29, 0.717) is 30.1 Å². The van der Waals surface area contributed by atoms with Crippen LogP contribution in [0.15, 0.2) is 57.7 Å². The van der Waals surface area contributed by atoms with E-state index in [0.717, 1.165) is 17.2 Å². The van der Waals surface area contributed by atoms with Crippen molar-refractivity contribution in [2.75, 3.05) is 36.2 Å². The number of benzene rings is 1. The number of ketones is 4. The molecule has 4 heterocycles. The topological polar surface area (TPSA) is 439 Å². The molecule has 8 atom stereocenters. The molecule has 2 aliphatic carbocycles. The fourth-order valence-electron chi connectivity index (χ4n) is 9.86. The number of carbonyl (C=O) groups excluding carboxylic acids is 7. The zero-order chi connectivity index (χ0) is 56.7. The number of piperidine rings is 1. The van der Waals surface area contributed by atoms with Crippen LogP contribution in [0.2, 0.25) is 0 Å². The molecule has 3 aromatic rings. The molecule has 13 N–H and O–H groups in total. The van der Waals surface area contributed by atoms with Gasteiger partial charge in [-0.3, -0.25) is 43.3 Å². The molecule has 416 valence electrons. The number of aromatic amines is 1. The summed E-state index contributed by atoms with van der Waals surface area (Å²) in [5.74, 6) is -9.49. The van der Waals surface area contributed by atoms with Crippen LogP contribution in [-0.4, -0.2) is 154 Å². The number of primary amides is 1. The van der Waals surface area contributed by atoms with Gasteiger partial charge >= 0.3 is 24.0 Å². The maximum absolute atomic E-state index is 14.0. The predicted octanol–water partition coefficient (Wildman–Crippen LogP) is 0.823. The lowest BCUT2D eigenvalue weighted by atomic mass is 9.83. The molecule has 2 fully saturated rings. The van der Waals surface area contributed by atoms with Gasteiger partial charge in [0, 0.05) is 72.7 Å². The van der Waals surface area contributed by atoms with Crippen molar-refractivity contribution in [2.45, 2.75) is 101 Å². The van der Waals surface area contributed by atoms with Crippen LogP contribution in [0.1, 0.15) is 80.8 Å². The van der Waals surface area contributed by atoms with Crippen LogP contribution in [-0.2, 0) is 54.4 Å². The van der Waals surface area contributed by atoms with Crippen molar-refractivity contribution in [3.63, 3.8) is 0 Å². The molecule has 1 saturated carbocycles. The quantitative estimate of drug-likeness (QED) is 0.0261. The summed E-state index contributed by atoms with van der Waals surface area (Å²) in [5, 5.41) is 37.0. The molecule has 3 amide bonds. The van der Waals surface area contributed by atoms with Crippen LogP contribution in [0, 0.1) is 17.8 Å². The number of fused-ring (bicyclic) bond motifs is 5. The summed E-state index contributed by atoms with van der Waals surface area (Å²) in [6.07, 6.45) is -2.32. The van der Waals surface area contributed by atoms with Crippen molar-refractivity contribution in [1.82, 2.24) is 35.5 Å². The number of hydrogen-bond acceptors (Lipinski definition) is 22. The van der Waals surface area contributed by atoms with Crippen LogP contribution >= 0.6 is 21.6 Å². The van der Waals surface area contributed by atoms with Gasteiger partial charge in [0.25, 0.3) is 11.5 Å². The maximum Gasteiger partial charge on any atom is 0.405 e. The number of amides is 3. The van der Waals surface area contributed by atoms with E-state index in [1.807, 2.05) is 0 Å². The average Bonchev–Trinajstić information content (AvgIpc) is 2.75. The highest BCUT2D eigenvalue weighted by atomic mass is 33.1. The van der Waals surface area contributed by atoms with Gasteiger partial charge in [-0.05, 0) is 69.2 Å². The standard InChI is InChI=1S/C49H57N11O16S2/c1-21-28(39(66)35-37(38(21)65)60-19-24-14-29(24)49(60,75-2)40(35)76-48(52)74)4-3-13-77-78-20-32(46(72)73)57-43(68)23(16-34(63)64)15-33(62)30(50)11-9-27(61)10-12-31(45(70)71)56-42(67)22-5-7-25(8-6-22)53-17-26-18-54-41-36(55-26)44(69)59-47(51)58-41/h5-8,18,23-24,29-32,40,53H,3-4,9-17,19-20,50H2,1-2H3,(H2,52,74)(H,56,67)(H,57,68)(H,63,64)(H,70,71)(H,72,73)(H3,51,54,58,59,69)/t23-,24+,29+,30-,31-,32-,40-,49+/m1/s1. The number of nitrogens with zero attached hydrogens (tertiary/aromatic N) is 4. The Bertz CT molecular complexity index is 3080. The molecule has 2 aromatic heterocycles. The molecule has 4 aliphatic rings. The van der Waals surface area contributed by atoms with Crippen LogP contribution < -0.4 is 38.7 Å². The van der Waals surface area contributed by atoms with Gasteiger partial charge in [0.05, 0.1) is 48.1 Å². The van der Waals surface area contributed by atoms with Gasteiger partial charge in [-0.25, -0.2) is 24.4 Å². The summed E-state index contributed by atoms with van der Waals surface area (Å²) in [6.45, 7) is 2.16. The molecular weight excluding hydrogens is 1060 g/mol. The number of allylic oxidation sites excluding steroid dienone is 2. The van der Waals surface area contributed by atoms with Crippen molar-refractivity contribution < 1.29 is 72.7 Å². The molecular formula is C49H57N11O16S2. The smallest absolute Gasteiger partial charge is 0.405 e. The number of nitrogen functional groups attached to an aromatic ring is 1. The normalized spacial score (nSPS) is 20.7. The van der Waals surface area contributed by atoms with E-state index in [9.17, 15) is 68.1 Å². The number of carboxylic acid groups (broad SMARTS) is 3. The molecule has 1 saturated heterocycles. The van der Waals surface area contributed by atoms with E-state index in [1.165, 1.54) is 36.2 Å². The van der Waals surface area contributed by atoms with Crippen molar-refractivity contribution in [3.8, 4) is 0 Å². The van der Waals surface area contributed by atoms with Crippen LogP contribution in [0.5, 0.6) is 0 Å². The minimum atomic E-state index is -1.53. The molecule has 0 spiro atoms. The van der Waals surface area contributed by atoms with Crippen LogP contribution in [0.3, 0.4) is 0 Å². The van der Waals surface area contributed by atoms with Gasteiger partial charge in [0.2, 0.25) is 17.6 Å². The minimum absolute atomic E-state index is 0.00148. The predicted molar refractivity (Wildman–Crippen MR) is 278 cm³/mol. The third-order valence-corrected chi connectivity index (χ3v) is 16.4. The Labute approximate surface area is 451 Å². The maximum atomic E-state index is 14.0. The number of Topliss-reactive ketones (excluding diaryl/α,β-unsaturated/α-hetero) is 4. The first kappa shape index (κ1) is 57.9. The Morgan fingerprint density at radius 1 is 0.936 bits per heavy atom. The lowest BCUT2D eigenvalue weighted by Gasteiger charge is -2.39. The highest BCUT2D eigenvalue weighted by Crippen LogP contribution is 2.63. The third kappa shape index (κ3) is 13.0. The minimum Gasteiger partial charge on any atom is -0.481 e. The summed E-state index contributed by atoms with van der Waals surface area (Å²) in [6, 6.07) is 1.64. The number of H-pyrrole nitrogens is 1. The number of rotatable bonds is 29. The summed E-state index contributed by atoms with van der Waals surface area (Å²) in [5.41, 5.74) is 17.1. The number of carboxylic acids is 3. The highest BCUT2D eigenvalue weighted by molar-refractivity contribution is 8.76. The molecule has 7 rings (SSSR count). The summed E-state index contributed by atoms with van der Waals surface area (Å²) < 4.78 is 11.4. The second kappa shape index (κ2) is 24.7. The number of aliphatic carboxylic acids is 3. The first-order valence-electron chi connectivity index (χ1n) is 24.5. The summed E-state index contributed by atoms with van der Waals surface area (Å²) in [7, 11) is 3.73. The molecule has 0 radical (unpaired) electrons. The number of anilines is 2. The molecule has 27 nitrogen and oxygen atoms in total. The molecule has 2 aliphatic heterocycles. The number of aromatic nitrogens is 4. The number of methoxy groups -OCH3 is 1. The molecule has 78 heavy (non-hydrogen) atoms. The van der Waals surface area contributed by atoms with Crippen molar-refractivity contribution in [2.24, 2.45) is 29.2 Å². The first-order valence-corrected chi connectivity index (χ1v) is 27.0. The summed E-state index contributed by atoms with van der Waals surface area (Å²) in [4.78, 5) is 157. The van der Waals surface area contributed by atoms with E-state index in [-0.39, 0.29) is 107 Å². The van der Waals surface area contributed by atoms with Gasteiger partial charge in [0.15, 0.2) is 28.8 Å². The lowest BCUT2D eigenvalue weighted by molar-refractivity contribution is -0.161. The Morgan fingerprint density at radius 2 is 1.64 bits per heavy atom. The zero-order valence-electron chi connectivity index (χ0n) is 42.1. The molecule has 0 bridgehead atoms. The third-order valence-electron chi connectivity index (χ3n) is 13.9. The van der Waals surface area contributed by atoms with Crippen molar-refractivity contribution >= 4 is 103 Å². The highest BCUT2D eigenvalue weighted by Gasteiger charge is 2.73. The zero-order valence-corrected chi connectivity index (χ0v) is 43.7. The number of hydrogen-bond donors (Lipinski definition) is 10. The van der Waals surface area contributed by atoms with E-state index in [4.69, 9.17) is 26.7 Å². The van der Waals surface area contributed by atoms with Crippen LogP contribution in [0.25, 0.3) is 11.2 Å².